The van der Waals surface area contributed by atoms with E-state index in [0.717, 1.165) is 22.3 Å². The van der Waals surface area contributed by atoms with Crippen molar-refractivity contribution in [2.45, 2.75) is 63.3 Å². The van der Waals surface area contributed by atoms with Crippen LogP contribution in [0.1, 0.15) is 51.1 Å². The van der Waals surface area contributed by atoms with Crippen LogP contribution < -0.4 is 10.1 Å². The van der Waals surface area contributed by atoms with Crippen LogP contribution in [0.25, 0.3) is 11.0 Å². The van der Waals surface area contributed by atoms with Gasteiger partial charge in [-0.3, -0.25) is 9.97 Å². The van der Waals surface area contributed by atoms with Crippen LogP contribution in [-0.2, 0) is 0 Å². The zero-order valence-electron chi connectivity index (χ0n) is 13.6. The van der Waals surface area contributed by atoms with Gasteiger partial charge in [0.1, 0.15) is 17.5 Å². The maximum Gasteiger partial charge on any atom is 0.131 e. The molecule has 1 fully saturated rings. The van der Waals surface area contributed by atoms with Crippen molar-refractivity contribution in [3.05, 3.63) is 30.1 Å². The van der Waals surface area contributed by atoms with Crippen LogP contribution >= 0.6 is 0 Å². The molecule has 5 heteroatoms. The molecule has 1 saturated carbocycles. The van der Waals surface area contributed by atoms with E-state index in [9.17, 15) is 5.11 Å². The molecular weight excluding hydrogens is 290 g/mol. The molecule has 0 unspecified atom stereocenters. The van der Waals surface area contributed by atoms with Gasteiger partial charge in [0, 0.05) is 30.1 Å². The summed E-state index contributed by atoms with van der Waals surface area (Å²) in [7, 11) is 0. The van der Waals surface area contributed by atoms with Crippen molar-refractivity contribution >= 4 is 11.0 Å². The molecule has 2 aromatic rings. The molecule has 122 valence electrons. The summed E-state index contributed by atoms with van der Waals surface area (Å²) >= 11 is 0. The summed E-state index contributed by atoms with van der Waals surface area (Å²) in [5.41, 5.74) is 1.99. The molecule has 1 aromatic carbocycles. The second kappa shape index (κ2) is 5.42. The summed E-state index contributed by atoms with van der Waals surface area (Å²) in [6.07, 6.45) is 7.64. The molecule has 2 aliphatic rings. The molecule has 0 saturated heterocycles. The van der Waals surface area contributed by atoms with Gasteiger partial charge in [0.25, 0.3) is 0 Å². The molecule has 2 N–H and O–H groups in total. The maximum atomic E-state index is 10.9. The Bertz CT molecular complexity index is 725. The molecule has 5 nitrogen and oxygen atoms in total. The number of benzene rings is 1. The first-order valence-corrected chi connectivity index (χ1v) is 8.42. The van der Waals surface area contributed by atoms with E-state index in [-0.39, 0.29) is 6.04 Å². The number of nitrogens with one attached hydrogen (secondary N) is 1. The average molecular weight is 313 g/mol. The highest BCUT2D eigenvalue weighted by molar-refractivity contribution is 5.77. The van der Waals surface area contributed by atoms with Gasteiger partial charge in [0.05, 0.1) is 17.1 Å². The molecule has 1 aromatic heterocycles. The molecule has 4 rings (SSSR count). The normalized spacial score (nSPS) is 26.9. The Balaban J connectivity index is 1.79. The highest BCUT2D eigenvalue weighted by atomic mass is 16.5. The van der Waals surface area contributed by atoms with Crippen LogP contribution in [-0.4, -0.2) is 32.8 Å². The van der Waals surface area contributed by atoms with Gasteiger partial charge in [-0.1, -0.05) is 12.8 Å². The Morgan fingerprint density at radius 3 is 2.48 bits per heavy atom. The first-order valence-electron chi connectivity index (χ1n) is 8.42. The first-order chi connectivity index (χ1) is 11.0. The van der Waals surface area contributed by atoms with E-state index in [4.69, 9.17) is 4.74 Å². The zero-order valence-corrected chi connectivity index (χ0v) is 13.6. The Kier molecular flexibility index (Phi) is 3.50. The number of aliphatic hydroxyl groups is 1. The summed E-state index contributed by atoms with van der Waals surface area (Å²) in [5, 5.41) is 14.5. The molecular formula is C18H23N3O2. The third kappa shape index (κ3) is 2.58. The molecule has 2 atom stereocenters. The number of nitrogens with zero attached hydrogens (tertiary/aromatic N) is 2. The molecule has 0 bridgehead atoms. The number of hydrogen-bond acceptors (Lipinski definition) is 5. The summed E-state index contributed by atoms with van der Waals surface area (Å²) in [6.45, 7) is 3.87. The molecule has 1 aliphatic carbocycles. The summed E-state index contributed by atoms with van der Waals surface area (Å²) < 4.78 is 6.08. The zero-order chi connectivity index (χ0) is 16.0. The van der Waals surface area contributed by atoms with Gasteiger partial charge in [-0.15, -0.1) is 0 Å². The minimum atomic E-state index is -0.640. The first kappa shape index (κ1) is 14.8. The van der Waals surface area contributed by atoms with Crippen molar-refractivity contribution in [1.29, 1.82) is 0 Å². The Morgan fingerprint density at radius 1 is 1.13 bits per heavy atom. The Hall–Kier alpha value is -1.72. The number of rotatable bonds is 2. The Morgan fingerprint density at radius 2 is 1.78 bits per heavy atom. The topological polar surface area (TPSA) is 67.3 Å². The second-order valence-electron chi connectivity index (χ2n) is 7.21. The lowest BCUT2D eigenvalue weighted by Gasteiger charge is -2.43. The monoisotopic (exact) mass is 313 g/mol. The smallest absolute Gasteiger partial charge is 0.131 e. The molecule has 0 radical (unpaired) electrons. The predicted molar refractivity (Wildman–Crippen MR) is 88.4 cm³/mol. The van der Waals surface area contributed by atoms with Gasteiger partial charge < -0.3 is 15.2 Å². The third-order valence-corrected chi connectivity index (χ3v) is 5.11. The predicted octanol–water partition coefficient (Wildman–Crippen LogP) is 2.74. The van der Waals surface area contributed by atoms with Crippen LogP contribution in [0, 0.1) is 0 Å². The molecule has 1 aliphatic heterocycles. The van der Waals surface area contributed by atoms with E-state index in [1.165, 1.54) is 25.7 Å². The average Bonchev–Trinajstić information content (AvgIpc) is 3.03. The van der Waals surface area contributed by atoms with Gasteiger partial charge in [0.15, 0.2) is 0 Å². The number of hydrogen-bond donors (Lipinski definition) is 2. The standard InChI is InChI=1S/C18H23N3O2/c1-18(2)17(22)16(21-11-5-3-4-6-11)12-9-13-14(10-15(12)23-18)20-8-7-19-13/h7-11,16-17,21-22H,3-6H2,1-2H3/t16-,17+/m0/s1. The van der Waals surface area contributed by atoms with Crippen molar-refractivity contribution in [3.8, 4) is 5.75 Å². The van der Waals surface area contributed by atoms with E-state index < -0.39 is 11.7 Å². The minimum absolute atomic E-state index is 0.136. The van der Waals surface area contributed by atoms with Gasteiger partial charge in [-0.25, -0.2) is 0 Å². The molecule has 2 heterocycles. The van der Waals surface area contributed by atoms with E-state index in [1.807, 2.05) is 26.0 Å². The maximum absolute atomic E-state index is 10.9. The van der Waals surface area contributed by atoms with E-state index in [2.05, 4.69) is 15.3 Å². The van der Waals surface area contributed by atoms with Crippen molar-refractivity contribution in [1.82, 2.24) is 15.3 Å². The SMILES string of the molecule is CC1(C)Oc2cc3nccnc3cc2[C@H](NC2CCCC2)[C@H]1O. The van der Waals surface area contributed by atoms with E-state index in [0.29, 0.717) is 6.04 Å². The summed E-state index contributed by atoms with van der Waals surface area (Å²) in [4.78, 5) is 8.75. The van der Waals surface area contributed by atoms with Crippen LogP contribution in [0.5, 0.6) is 5.75 Å². The second-order valence-corrected chi connectivity index (χ2v) is 7.21. The number of fused-ring (bicyclic) bond motifs is 2. The highest BCUT2D eigenvalue weighted by Crippen LogP contribution is 2.42. The molecule has 0 amide bonds. The summed E-state index contributed by atoms with van der Waals surface area (Å²) in [5.74, 6) is 0.795. The number of aromatic nitrogens is 2. The number of aliphatic hydroxyl groups excluding tert-OH is 1. The third-order valence-electron chi connectivity index (χ3n) is 5.11. The van der Waals surface area contributed by atoms with Crippen molar-refractivity contribution < 1.29 is 9.84 Å². The van der Waals surface area contributed by atoms with Gasteiger partial charge in [-0.2, -0.15) is 0 Å². The molecule has 23 heavy (non-hydrogen) atoms. The summed E-state index contributed by atoms with van der Waals surface area (Å²) in [6, 6.07) is 4.27. The largest absolute Gasteiger partial charge is 0.485 e. The highest BCUT2D eigenvalue weighted by Gasteiger charge is 2.43. The van der Waals surface area contributed by atoms with Crippen LogP contribution in [0.3, 0.4) is 0 Å². The lowest BCUT2D eigenvalue weighted by Crippen LogP contribution is -2.53. The number of ether oxygens (including phenoxy) is 1. The van der Waals surface area contributed by atoms with Crippen LogP contribution in [0.15, 0.2) is 24.5 Å². The van der Waals surface area contributed by atoms with Gasteiger partial charge >= 0.3 is 0 Å². The molecule has 0 spiro atoms. The van der Waals surface area contributed by atoms with Crippen LogP contribution in [0.2, 0.25) is 0 Å². The lowest BCUT2D eigenvalue weighted by atomic mass is 9.85. The Labute approximate surface area is 136 Å². The van der Waals surface area contributed by atoms with Crippen molar-refractivity contribution in [2.75, 3.05) is 0 Å². The van der Waals surface area contributed by atoms with Gasteiger partial charge in [-0.05, 0) is 32.8 Å². The fourth-order valence-electron chi connectivity index (χ4n) is 3.78. The van der Waals surface area contributed by atoms with Crippen molar-refractivity contribution in [2.24, 2.45) is 0 Å². The van der Waals surface area contributed by atoms with Gasteiger partial charge in [0.2, 0.25) is 0 Å². The lowest BCUT2D eigenvalue weighted by molar-refractivity contribution is -0.0662. The van der Waals surface area contributed by atoms with E-state index >= 15 is 0 Å². The fourth-order valence-corrected chi connectivity index (χ4v) is 3.78. The minimum Gasteiger partial charge on any atom is -0.485 e. The van der Waals surface area contributed by atoms with Crippen LogP contribution in [0.4, 0.5) is 0 Å². The van der Waals surface area contributed by atoms with E-state index in [1.54, 1.807) is 12.4 Å². The quantitative estimate of drug-likeness (QED) is 0.892. The van der Waals surface area contributed by atoms with Crippen molar-refractivity contribution in [3.63, 3.8) is 0 Å². The fraction of sp³-hybridized carbons (Fsp3) is 0.556.